The van der Waals surface area contributed by atoms with Crippen molar-refractivity contribution in [3.8, 4) is 0 Å². The topological polar surface area (TPSA) is 81.9 Å². The molecule has 9 nitrogen and oxygen atoms in total. The SMILES string of the molecule is Cc1nnc(CN=C(NC2CCCC2)N2CCN(CC(=O)N3CCCC3)CC2)n1C.I. The van der Waals surface area contributed by atoms with Crippen molar-refractivity contribution in [1.29, 1.82) is 0 Å². The van der Waals surface area contributed by atoms with Crippen LogP contribution in [0.2, 0.25) is 0 Å². The highest BCUT2D eigenvalue weighted by molar-refractivity contribution is 14.0. The van der Waals surface area contributed by atoms with E-state index in [1.807, 2.05) is 23.4 Å². The third-order valence-electron chi connectivity index (χ3n) is 6.73. The number of aromatic nitrogens is 3. The van der Waals surface area contributed by atoms with Crippen LogP contribution in [-0.4, -0.2) is 93.2 Å². The molecule has 3 heterocycles. The maximum atomic E-state index is 12.5. The van der Waals surface area contributed by atoms with Crippen LogP contribution >= 0.6 is 24.0 Å². The van der Waals surface area contributed by atoms with Gasteiger partial charge >= 0.3 is 0 Å². The number of piperazine rings is 1. The number of aryl methyl sites for hydroxylation is 1. The smallest absolute Gasteiger partial charge is 0.236 e. The zero-order chi connectivity index (χ0) is 20.9. The van der Waals surface area contributed by atoms with E-state index >= 15 is 0 Å². The number of amides is 1. The van der Waals surface area contributed by atoms with Crippen molar-refractivity contribution >= 4 is 35.8 Å². The third-order valence-corrected chi connectivity index (χ3v) is 6.73. The van der Waals surface area contributed by atoms with E-state index in [0.29, 0.717) is 19.1 Å². The molecule has 31 heavy (non-hydrogen) atoms. The number of hydrogen-bond acceptors (Lipinski definition) is 5. The minimum Gasteiger partial charge on any atom is -0.353 e. The highest BCUT2D eigenvalue weighted by atomic mass is 127. The molecular formula is C21H37IN8O. The van der Waals surface area contributed by atoms with Crippen LogP contribution in [0.15, 0.2) is 4.99 Å². The van der Waals surface area contributed by atoms with E-state index in [4.69, 9.17) is 4.99 Å². The number of nitrogens with one attached hydrogen (secondary N) is 1. The molecule has 2 saturated heterocycles. The molecule has 1 amide bonds. The van der Waals surface area contributed by atoms with Gasteiger partial charge in [0.2, 0.25) is 5.91 Å². The molecule has 1 N–H and O–H groups in total. The van der Waals surface area contributed by atoms with Crippen molar-refractivity contribution in [3.63, 3.8) is 0 Å². The molecule has 1 saturated carbocycles. The first-order valence-corrected chi connectivity index (χ1v) is 11.5. The van der Waals surface area contributed by atoms with Gasteiger partial charge in [0.1, 0.15) is 12.4 Å². The molecule has 0 bridgehead atoms. The predicted molar refractivity (Wildman–Crippen MR) is 132 cm³/mol. The Hall–Kier alpha value is -1.43. The number of guanidine groups is 1. The van der Waals surface area contributed by atoms with Gasteiger partial charge in [-0.05, 0) is 32.6 Å². The monoisotopic (exact) mass is 544 g/mol. The molecule has 2 aliphatic heterocycles. The number of nitrogens with zero attached hydrogens (tertiary/aromatic N) is 7. The van der Waals surface area contributed by atoms with E-state index < -0.39 is 0 Å². The summed E-state index contributed by atoms with van der Waals surface area (Å²) in [7, 11) is 1.99. The maximum Gasteiger partial charge on any atom is 0.236 e. The van der Waals surface area contributed by atoms with Crippen LogP contribution in [-0.2, 0) is 18.4 Å². The highest BCUT2D eigenvalue weighted by Crippen LogP contribution is 2.18. The average Bonchev–Trinajstić information content (AvgIpc) is 3.51. The number of halogens is 1. The first kappa shape index (κ1) is 24.2. The quantitative estimate of drug-likeness (QED) is 0.343. The molecule has 0 atom stereocenters. The van der Waals surface area contributed by atoms with Gasteiger partial charge in [-0.25, -0.2) is 4.99 Å². The summed E-state index contributed by atoms with van der Waals surface area (Å²) < 4.78 is 2.00. The van der Waals surface area contributed by atoms with Gasteiger partial charge in [-0.2, -0.15) is 0 Å². The minimum atomic E-state index is 0. The van der Waals surface area contributed by atoms with Gasteiger partial charge in [0.15, 0.2) is 11.8 Å². The summed E-state index contributed by atoms with van der Waals surface area (Å²) >= 11 is 0. The Labute approximate surface area is 202 Å². The normalized spacial score (nSPS) is 20.9. The van der Waals surface area contributed by atoms with Crippen LogP contribution in [0.4, 0.5) is 0 Å². The van der Waals surface area contributed by atoms with Crippen molar-refractivity contribution in [1.82, 2.24) is 34.8 Å². The summed E-state index contributed by atoms with van der Waals surface area (Å²) in [6.45, 7) is 8.48. The van der Waals surface area contributed by atoms with Gasteiger partial charge in [0.25, 0.3) is 0 Å². The van der Waals surface area contributed by atoms with Gasteiger partial charge in [0.05, 0.1) is 6.54 Å². The van der Waals surface area contributed by atoms with Gasteiger partial charge in [-0.3, -0.25) is 9.69 Å². The first-order chi connectivity index (χ1) is 14.6. The van der Waals surface area contributed by atoms with E-state index in [9.17, 15) is 4.79 Å². The molecule has 1 aliphatic carbocycles. The van der Waals surface area contributed by atoms with Gasteiger partial charge in [0, 0.05) is 52.4 Å². The molecule has 3 fully saturated rings. The largest absolute Gasteiger partial charge is 0.353 e. The average molecular weight is 544 g/mol. The zero-order valence-electron chi connectivity index (χ0n) is 18.9. The lowest BCUT2D eigenvalue weighted by Gasteiger charge is -2.37. The number of rotatable bonds is 5. The summed E-state index contributed by atoms with van der Waals surface area (Å²) in [4.78, 5) is 24.0. The summed E-state index contributed by atoms with van der Waals surface area (Å²) in [5.41, 5.74) is 0. The van der Waals surface area contributed by atoms with E-state index in [2.05, 4.69) is 25.3 Å². The van der Waals surface area contributed by atoms with Gasteiger partial charge in [-0.15, -0.1) is 34.2 Å². The molecule has 0 radical (unpaired) electrons. The summed E-state index contributed by atoms with van der Waals surface area (Å²) in [6.07, 6.45) is 7.31. The first-order valence-electron chi connectivity index (χ1n) is 11.5. The third kappa shape index (κ3) is 6.30. The number of carbonyl (C=O) groups excluding carboxylic acids is 1. The lowest BCUT2D eigenvalue weighted by molar-refractivity contribution is -0.131. The maximum absolute atomic E-state index is 12.5. The molecule has 3 aliphatic rings. The second-order valence-electron chi connectivity index (χ2n) is 8.84. The molecular weight excluding hydrogens is 507 g/mol. The van der Waals surface area contributed by atoms with E-state index in [1.54, 1.807) is 0 Å². The van der Waals surface area contributed by atoms with Crippen LogP contribution in [0.5, 0.6) is 0 Å². The van der Waals surface area contributed by atoms with Crippen molar-refractivity contribution in [2.75, 3.05) is 45.8 Å². The summed E-state index contributed by atoms with van der Waals surface area (Å²) in [5, 5.41) is 12.1. The van der Waals surface area contributed by atoms with Crippen molar-refractivity contribution in [3.05, 3.63) is 11.6 Å². The Morgan fingerprint density at radius 1 is 1.00 bits per heavy atom. The van der Waals surface area contributed by atoms with E-state index in [-0.39, 0.29) is 29.9 Å². The highest BCUT2D eigenvalue weighted by Gasteiger charge is 2.26. The fourth-order valence-electron chi connectivity index (χ4n) is 4.60. The summed E-state index contributed by atoms with van der Waals surface area (Å²) in [5.74, 6) is 3.06. The fourth-order valence-corrected chi connectivity index (χ4v) is 4.60. The van der Waals surface area contributed by atoms with Crippen LogP contribution in [0.25, 0.3) is 0 Å². The molecule has 0 unspecified atom stereocenters. The second kappa shape index (κ2) is 11.4. The van der Waals surface area contributed by atoms with Crippen LogP contribution in [0.1, 0.15) is 50.2 Å². The van der Waals surface area contributed by atoms with E-state index in [0.717, 1.165) is 69.7 Å². The Morgan fingerprint density at radius 3 is 2.29 bits per heavy atom. The second-order valence-corrected chi connectivity index (χ2v) is 8.84. The number of carbonyl (C=O) groups is 1. The molecule has 0 spiro atoms. The molecule has 4 rings (SSSR count). The zero-order valence-corrected chi connectivity index (χ0v) is 21.3. The van der Waals surface area contributed by atoms with Crippen LogP contribution < -0.4 is 5.32 Å². The lowest BCUT2D eigenvalue weighted by atomic mass is 10.2. The minimum absolute atomic E-state index is 0. The van der Waals surface area contributed by atoms with Gasteiger partial charge < -0.3 is 19.7 Å². The van der Waals surface area contributed by atoms with Crippen LogP contribution in [0.3, 0.4) is 0 Å². The Morgan fingerprint density at radius 2 is 1.68 bits per heavy atom. The Kier molecular flexibility index (Phi) is 8.94. The molecule has 174 valence electrons. The van der Waals surface area contributed by atoms with Crippen molar-refractivity contribution in [2.45, 2.75) is 58.0 Å². The molecule has 0 aromatic carbocycles. The Balaban J connectivity index is 0.00000272. The fraction of sp³-hybridized carbons (Fsp3) is 0.810. The Bertz CT molecular complexity index is 747. The number of likely N-dealkylation sites (tertiary alicyclic amines) is 1. The van der Waals surface area contributed by atoms with Crippen LogP contribution in [0, 0.1) is 6.92 Å². The molecule has 1 aromatic rings. The molecule has 1 aromatic heterocycles. The van der Waals surface area contributed by atoms with Crippen molar-refractivity contribution < 1.29 is 4.79 Å². The lowest BCUT2D eigenvalue weighted by Crippen LogP contribution is -2.55. The van der Waals surface area contributed by atoms with Crippen molar-refractivity contribution in [2.24, 2.45) is 12.0 Å². The summed E-state index contributed by atoms with van der Waals surface area (Å²) in [6, 6.07) is 0.514. The predicted octanol–water partition coefficient (Wildman–Crippen LogP) is 1.37. The number of hydrogen-bond donors (Lipinski definition) is 1. The van der Waals surface area contributed by atoms with Gasteiger partial charge in [-0.1, -0.05) is 12.8 Å². The number of aliphatic imine (C=N–C) groups is 1. The van der Waals surface area contributed by atoms with E-state index in [1.165, 1.54) is 25.7 Å². The molecule has 10 heteroatoms. The standard InChI is InChI=1S/C21H36N8O.HI/c1-17-24-25-19(26(17)2)15-22-21(23-18-7-3-4-8-18)29-13-11-27(12-14-29)16-20(30)28-9-5-6-10-28;/h18H,3-16H2,1-2H3,(H,22,23);1H.